The molecule has 0 aliphatic carbocycles. The van der Waals surface area contributed by atoms with E-state index in [0.717, 1.165) is 32.5 Å². The monoisotopic (exact) mass is 433 g/mol. The molecule has 0 spiro atoms. The first-order valence-corrected chi connectivity index (χ1v) is 14.9. The third kappa shape index (κ3) is 6.70. The summed E-state index contributed by atoms with van der Waals surface area (Å²) in [7, 11) is -1.06. The average Bonchev–Trinajstić information content (AvgIpc) is 3.23. The van der Waals surface area contributed by atoms with Crippen LogP contribution in [0.15, 0.2) is 28.9 Å². The third-order valence-electron chi connectivity index (χ3n) is 5.70. The van der Waals surface area contributed by atoms with Crippen molar-refractivity contribution in [2.24, 2.45) is 10.9 Å². The van der Waals surface area contributed by atoms with E-state index in [1.165, 1.54) is 11.6 Å². The lowest BCUT2D eigenvalue weighted by molar-refractivity contribution is 0.0288. The number of carbonyl (C=O) groups excluding carboxylic acids is 1. The molecule has 3 heterocycles. The summed E-state index contributed by atoms with van der Waals surface area (Å²) in [4.78, 5) is 21.2. The Bertz CT molecular complexity index is 705. The zero-order valence-electron chi connectivity index (χ0n) is 19.6. The number of amides is 1. The minimum atomic E-state index is -1.06. The van der Waals surface area contributed by atoms with Crippen molar-refractivity contribution in [3.8, 4) is 0 Å². The average molecular weight is 434 g/mol. The van der Waals surface area contributed by atoms with E-state index in [4.69, 9.17) is 14.5 Å². The van der Waals surface area contributed by atoms with Gasteiger partial charge in [-0.05, 0) is 57.2 Å². The van der Waals surface area contributed by atoms with E-state index >= 15 is 0 Å². The van der Waals surface area contributed by atoms with E-state index in [0.29, 0.717) is 12.6 Å². The van der Waals surface area contributed by atoms with E-state index in [1.54, 1.807) is 0 Å². The molecule has 0 bridgehead atoms. The van der Waals surface area contributed by atoms with Gasteiger partial charge in [-0.25, -0.2) is 4.79 Å². The SMILES string of the molecule is CC(C)(C)OC(=O)N1CCC(CC2=CC3C(C=CN3COCC[Si](C)(C)C)N=C2)C1. The van der Waals surface area contributed by atoms with Crippen LogP contribution >= 0.6 is 0 Å². The summed E-state index contributed by atoms with van der Waals surface area (Å²) in [5.74, 6) is 0.461. The van der Waals surface area contributed by atoms with E-state index in [-0.39, 0.29) is 18.2 Å². The number of hydrogen-bond donors (Lipinski definition) is 0. The van der Waals surface area contributed by atoms with Crippen LogP contribution in [0.2, 0.25) is 25.7 Å². The van der Waals surface area contributed by atoms with Gasteiger partial charge in [-0.1, -0.05) is 25.7 Å². The Balaban J connectivity index is 1.48. The fourth-order valence-corrected chi connectivity index (χ4v) is 4.76. The van der Waals surface area contributed by atoms with Crippen molar-refractivity contribution in [1.29, 1.82) is 0 Å². The highest BCUT2D eigenvalue weighted by molar-refractivity contribution is 6.76. The summed E-state index contributed by atoms with van der Waals surface area (Å²) in [5, 5.41) is 0. The highest BCUT2D eigenvalue weighted by Gasteiger charge is 2.33. The zero-order valence-corrected chi connectivity index (χ0v) is 20.6. The molecule has 3 rings (SSSR count). The van der Waals surface area contributed by atoms with Crippen molar-refractivity contribution in [3.63, 3.8) is 0 Å². The Labute approximate surface area is 183 Å². The van der Waals surface area contributed by atoms with Crippen molar-refractivity contribution >= 4 is 20.4 Å². The third-order valence-corrected chi connectivity index (χ3v) is 7.41. The second kappa shape index (κ2) is 9.26. The molecule has 3 aliphatic rings. The number of hydrogen-bond acceptors (Lipinski definition) is 5. The minimum Gasteiger partial charge on any atom is -0.444 e. The molecule has 0 aromatic heterocycles. The van der Waals surface area contributed by atoms with Crippen molar-refractivity contribution in [1.82, 2.24) is 9.80 Å². The fourth-order valence-electron chi connectivity index (χ4n) is 4.01. The summed E-state index contributed by atoms with van der Waals surface area (Å²) in [6.07, 6.45) is 10.4. The van der Waals surface area contributed by atoms with Crippen LogP contribution in [-0.2, 0) is 9.47 Å². The lowest BCUT2D eigenvalue weighted by Gasteiger charge is -2.29. The highest BCUT2D eigenvalue weighted by atomic mass is 28.3. The number of dihydropyridines is 1. The summed E-state index contributed by atoms with van der Waals surface area (Å²) in [5.41, 5.74) is 0.821. The molecule has 1 fully saturated rings. The Morgan fingerprint density at radius 2 is 2.07 bits per heavy atom. The van der Waals surface area contributed by atoms with Crippen LogP contribution in [0.1, 0.15) is 33.6 Å². The molecule has 1 saturated heterocycles. The Hall–Kier alpha value is -1.60. The molecule has 7 heteroatoms. The number of nitrogens with zero attached hydrogens (tertiary/aromatic N) is 3. The smallest absolute Gasteiger partial charge is 0.410 e. The lowest BCUT2D eigenvalue weighted by atomic mass is 9.94. The van der Waals surface area contributed by atoms with Crippen LogP contribution in [0, 0.1) is 5.92 Å². The lowest BCUT2D eigenvalue weighted by Crippen LogP contribution is -2.36. The predicted molar refractivity (Wildman–Crippen MR) is 125 cm³/mol. The van der Waals surface area contributed by atoms with Crippen LogP contribution in [0.25, 0.3) is 0 Å². The van der Waals surface area contributed by atoms with Gasteiger partial charge in [-0.2, -0.15) is 0 Å². The molecule has 0 aromatic carbocycles. The van der Waals surface area contributed by atoms with Crippen LogP contribution in [0.5, 0.6) is 0 Å². The molecule has 168 valence electrons. The van der Waals surface area contributed by atoms with Gasteiger partial charge < -0.3 is 19.3 Å². The zero-order chi connectivity index (χ0) is 21.9. The van der Waals surface area contributed by atoms with Crippen molar-refractivity contribution in [3.05, 3.63) is 23.9 Å². The van der Waals surface area contributed by atoms with Gasteiger partial charge in [0.25, 0.3) is 0 Å². The second-order valence-electron chi connectivity index (χ2n) is 11.0. The summed E-state index contributed by atoms with van der Waals surface area (Å²) >= 11 is 0. The molecule has 0 aromatic rings. The van der Waals surface area contributed by atoms with Gasteiger partial charge in [0.2, 0.25) is 0 Å². The molecule has 0 radical (unpaired) electrons. The molecule has 1 amide bonds. The second-order valence-corrected chi connectivity index (χ2v) is 16.6. The molecule has 3 atom stereocenters. The minimum absolute atomic E-state index is 0.191. The number of allylic oxidation sites excluding steroid dienone is 1. The normalized spacial score (nSPS) is 26.2. The molecule has 3 aliphatic heterocycles. The van der Waals surface area contributed by atoms with Crippen molar-refractivity contribution < 1.29 is 14.3 Å². The maximum absolute atomic E-state index is 12.3. The van der Waals surface area contributed by atoms with Crippen LogP contribution in [0.3, 0.4) is 0 Å². The maximum Gasteiger partial charge on any atom is 0.410 e. The summed E-state index contributed by atoms with van der Waals surface area (Å²) in [6, 6.07) is 1.63. The van der Waals surface area contributed by atoms with E-state index in [9.17, 15) is 4.79 Å². The molecule has 6 nitrogen and oxygen atoms in total. The van der Waals surface area contributed by atoms with Crippen molar-refractivity contribution in [2.45, 2.75) is 77.0 Å². The highest BCUT2D eigenvalue weighted by Crippen LogP contribution is 2.29. The first-order chi connectivity index (χ1) is 14.0. The number of likely N-dealkylation sites (tertiary alicyclic amines) is 1. The van der Waals surface area contributed by atoms with Crippen LogP contribution in [0.4, 0.5) is 4.79 Å². The van der Waals surface area contributed by atoms with Crippen molar-refractivity contribution in [2.75, 3.05) is 26.4 Å². The topological polar surface area (TPSA) is 54.4 Å². The van der Waals surface area contributed by atoms with Gasteiger partial charge in [0.05, 0.1) is 12.1 Å². The number of fused-ring (bicyclic) bond motifs is 1. The number of carbonyl (C=O) groups is 1. The maximum atomic E-state index is 12.3. The molecule has 30 heavy (non-hydrogen) atoms. The summed E-state index contributed by atoms with van der Waals surface area (Å²) in [6.45, 7) is 15.8. The Morgan fingerprint density at radius 1 is 1.30 bits per heavy atom. The Morgan fingerprint density at radius 3 is 2.77 bits per heavy atom. The fraction of sp³-hybridized carbons (Fsp3) is 0.739. The van der Waals surface area contributed by atoms with Gasteiger partial charge in [0.15, 0.2) is 0 Å². The number of aliphatic imine (C=N–C) groups is 1. The van der Waals surface area contributed by atoms with Crippen LogP contribution < -0.4 is 0 Å². The van der Waals surface area contributed by atoms with Gasteiger partial charge in [0, 0.05) is 40.2 Å². The standard InChI is InChI=1S/C23H39N3O3Si/c1-23(2,3)29-22(27)25-9-7-18(16-25)13-19-14-21-20(24-15-19)8-10-26(21)17-28-11-12-30(4,5)6/h8,10,14-15,18,20-21H,7,9,11-13,16-17H2,1-6H3. The van der Waals surface area contributed by atoms with Gasteiger partial charge >= 0.3 is 6.09 Å². The quantitative estimate of drug-likeness (QED) is 0.437. The largest absolute Gasteiger partial charge is 0.444 e. The van der Waals surface area contributed by atoms with E-state index in [1.807, 2.05) is 31.9 Å². The molecule has 3 unspecified atom stereocenters. The molecular weight excluding hydrogens is 394 g/mol. The number of rotatable bonds is 7. The predicted octanol–water partition coefficient (Wildman–Crippen LogP) is 4.52. The van der Waals surface area contributed by atoms with Gasteiger partial charge in [-0.15, -0.1) is 0 Å². The summed E-state index contributed by atoms with van der Waals surface area (Å²) < 4.78 is 11.5. The van der Waals surface area contributed by atoms with E-state index < -0.39 is 13.7 Å². The molecule has 0 N–H and O–H groups in total. The van der Waals surface area contributed by atoms with Crippen LogP contribution in [-0.4, -0.2) is 74.3 Å². The number of ether oxygens (including phenoxy) is 2. The first kappa shape index (κ1) is 23.1. The van der Waals surface area contributed by atoms with Gasteiger partial charge in [-0.3, -0.25) is 4.99 Å². The first-order valence-electron chi connectivity index (χ1n) is 11.2. The molecular formula is C23H39N3O3Si. The van der Waals surface area contributed by atoms with Gasteiger partial charge in [0.1, 0.15) is 12.3 Å². The Kier molecular flexibility index (Phi) is 7.12. The molecule has 0 saturated carbocycles. The van der Waals surface area contributed by atoms with E-state index in [2.05, 4.69) is 42.9 Å².